The number of hydrogen-bond acceptors (Lipinski definition) is 6. The van der Waals surface area contributed by atoms with Gasteiger partial charge in [-0.2, -0.15) is 5.10 Å². The van der Waals surface area contributed by atoms with Crippen molar-refractivity contribution in [1.29, 1.82) is 0 Å². The number of rotatable bonds is 5. The molecule has 2 rings (SSSR count). The Morgan fingerprint density at radius 1 is 1.58 bits per heavy atom. The lowest BCUT2D eigenvalue weighted by Gasteiger charge is -2.14. The minimum absolute atomic E-state index is 0.00925. The van der Waals surface area contributed by atoms with E-state index in [1.165, 1.54) is 22.2 Å². The molecule has 0 bridgehead atoms. The van der Waals surface area contributed by atoms with Crippen molar-refractivity contribution in [3.8, 4) is 0 Å². The smallest absolute Gasteiger partial charge is 0.246 e. The first-order valence-electron chi connectivity index (χ1n) is 5.65. The molecule has 0 aliphatic rings. The molecule has 0 radical (unpaired) electrons. The quantitative estimate of drug-likeness (QED) is 0.853. The van der Waals surface area contributed by atoms with Crippen LogP contribution in [0.2, 0.25) is 0 Å². The second-order valence-electron chi connectivity index (χ2n) is 4.00. The Morgan fingerprint density at radius 3 is 2.79 bits per heavy atom. The van der Waals surface area contributed by atoms with Gasteiger partial charge in [-0.15, -0.1) is 11.3 Å². The molecule has 104 valence electrons. The van der Waals surface area contributed by atoms with Crippen LogP contribution >= 0.6 is 11.3 Å². The molecule has 2 aromatic heterocycles. The van der Waals surface area contributed by atoms with Gasteiger partial charge in [0.2, 0.25) is 10.0 Å². The van der Waals surface area contributed by atoms with Crippen LogP contribution in [0.15, 0.2) is 22.7 Å². The highest BCUT2D eigenvalue weighted by atomic mass is 32.2. The normalized spacial score (nSPS) is 13.6. The summed E-state index contributed by atoms with van der Waals surface area (Å²) < 4.78 is 28.5. The van der Waals surface area contributed by atoms with E-state index in [-0.39, 0.29) is 16.8 Å². The molecule has 0 aliphatic carbocycles. The summed E-state index contributed by atoms with van der Waals surface area (Å²) in [6, 6.07) is -0.357. The monoisotopic (exact) mass is 301 g/mol. The van der Waals surface area contributed by atoms with Crippen molar-refractivity contribution in [3.05, 3.63) is 22.8 Å². The molecule has 0 saturated heterocycles. The lowest BCUT2D eigenvalue weighted by molar-refractivity contribution is 0.549. The van der Waals surface area contributed by atoms with Gasteiger partial charge in [0.25, 0.3) is 0 Å². The molecule has 1 unspecified atom stereocenters. The number of anilines is 1. The zero-order valence-electron chi connectivity index (χ0n) is 10.6. The highest BCUT2D eigenvalue weighted by Gasteiger charge is 2.25. The average molecular weight is 301 g/mol. The van der Waals surface area contributed by atoms with Crippen LogP contribution in [0.5, 0.6) is 0 Å². The molecule has 0 aliphatic heterocycles. The lowest BCUT2D eigenvalue weighted by Crippen LogP contribution is -2.28. The van der Waals surface area contributed by atoms with Gasteiger partial charge in [0.15, 0.2) is 5.82 Å². The third kappa shape index (κ3) is 2.94. The minimum Gasteiger partial charge on any atom is -0.381 e. The van der Waals surface area contributed by atoms with E-state index >= 15 is 0 Å². The molecule has 3 N–H and O–H groups in total. The zero-order valence-corrected chi connectivity index (χ0v) is 12.2. The predicted molar refractivity (Wildman–Crippen MR) is 73.1 cm³/mol. The fraction of sp³-hybridized carbons (Fsp3) is 0.400. The number of aromatic nitrogens is 3. The van der Waals surface area contributed by atoms with Gasteiger partial charge in [-0.05, 0) is 6.42 Å². The molecule has 0 spiro atoms. The fourth-order valence-corrected chi connectivity index (χ4v) is 3.89. The van der Waals surface area contributed by atoms with Gasteiger partial charge in [-0.1, -0.05) is 6.92 Å². The molecule has 7 nitrogen and oxygen atoms in total. The zero-order chi connectivity index (χ0) is 14.0. The molecule has 2 heterocycles. The first-order chi connectivity index (χ1) is 8.94. The highest BCUT2D eigenvalue weighted by molar-refractivity contribution is 7.89. The van der Waals surface area contributed by atoms with Crippen molar-refractivity contribution in [3.63, 3.8) is 0 Å². The molecule has 0 saturated carbocycles. The maximum Gasteiger partial charge on any atom is 0.246 e. The number of aryl methyl sites for hydroxylation is 1. The number of thiazole rings is 1. The summed E-state index contributed by atoms with van der Waals surface area (Å²) in [5.74, 6) is -0.0102. The molecule has 0 aromatic carbocycles. The van der Waals surface area contributed by atoms with E-state index in [4.69, 9.17) is 5.73 Å². The van der Waals surface area contributed by atoms with Gasteiger partial charge in [0.05, 0.1) is 6.04 Å². The van der Waals surface area contributed by atoms with E-state index < -0.39 is 10.0 Å². The summed E-state index contributed by atoms with van der Waals surface area (Å²) in [6.45, 7) is 1.89. The van der Waals surface area contributed by atoms with Crippen LogP contribution < -0.4 is 10.5 Å². The van der Waals surface area contributed by atoms with Gasteiger partial charge < -0.3 is 5.73 Å². The van der Waals surface area contributed by atoms with Gasteiger partial charge in [0, 0.05) is 24.8 Å². The second-order valence-corrected chi connectivity index (χ2v) is 6.61. The largest absolute Gasteiger partial charge is 0.381 e. The molecule has 1 atom stereocenters. The van der Waals surface area contributed by atoms with Crippen molar-refractivity contribution >= 4 is 27.2 Å². The van der Waals surface area contributed by atoms with E-state index in [1.54, 1.807) is 13.2 Å². The van der Waals surface area contributed by atoms with E-state index in [0.29, 0.717) is 6.42 Å². The Hall–Kier alpha value is -1.45. The average Bonchev–Trinajstić information content (AvgIpc) is 2.96. The van der Waals surface area contributed by atoms with Crippen molar-refractivity contribution in [2.75, 3.05) is 5.73 Å². The van der Waals surface area contributed by atoms with Crippen molar-refractivity contribution in [2.45, 2.75) is 24.3 Å². The number of hydrogen-bond donors (Lipinski definition) is 2. The molecular weight excluding hydrogens is 286 g/mol. The SMILES string of the molecule is CCC(NS(=O)(=O)c1cn(C)nc1N)c1nccs1. The summed E-state index contributed by atoms with van der Waals surface area (Å²) in [7, 11) is -2.08. The van der Waals surface area contributed by atoms with Crippen LogP contribution in [0.3, 0.4) is 0 Å². The lowest BCUT2D eigenvalue weighted by atomic mass is 10.3. The molecule has 9 heteroatoms. The van der Waals surface area contributed by atoms with Crippen molar-refractivity contribution < 1.29 is 8.42 Å². The first-order valence-corrected chi connectivity index (χ1v) is 8.01. The number of nitrogens with one attached hydrogen (secondary N) is 1. The van der Waals surface area contributed by atoms with E-state index in [0.717, 1.165) is 5.01 Å². The summed E-state index contributed by atoms with van der Waals surface area (Å²) in [4.78, 5) is 4.12. The molecular formula is C10H15N5O2S2. The Bertz CT molecular complexity index is 648. The van der Waals surface area contributed by atoms with Crippen LogP contribution in [-0.2, 0) is 17.1 Å². The van der Waals surface area contributed by atoms with Gasteiger partial charge >= 0.3 is 0 Å². The highest BCUT2D eigenvalue weighted by Crippen LogP contribution is 2.23. The van der Waals surface area contributed by atoms with Crippen molar-refractivity contribution in [2.24, 2.45) is 7.05 Å². The summed E-state index contributed by atoms with van der Waals surface area (Å²) in [5.41, 5.74) is 5.60. The molecule has 0 amide bonds. The summed E-state index contributed by atoms with van der Waals surface area (Å²) >= 11 is 1.41. The minimum atomic E-state index is -3.70. The van der Waals surface area contributed by atoms with Crippen LogP contribution in [0.1, 0.15) is 24.4 Å². The van der Waals surface area contributed by atoms with Gasteiger partial charge in [-0.3, -0.25) is 4.68 Å². The Morgan fingerprint density at radius 2 is 2.32 bits per heavy atom. The van der Waals surface area contributed by atoms with Crippen LogP contribution in [0.4, 0.5) is 5.82 Å². The topological polar surface area (TPSA) is 103 Å². The molecule has 0 fully saturated rings. The number of nitrogen functional groups attached to an aromatic ring is 1. The third-order valence-corrected chi connectivity index (χ3v) is 4.94. The van der Waals surface area contributed by atoms with Crippen LogP contribution in [0, 0.1) is 0 Å². The van der Waals surface area contributed by atoms with E-state index in [1.807, 2.05) is 12.3 Å². The van der Waals surface area contributed by atoms with Gasteiger partial charge in [-0.25, -0.2) is 18.1 Å². The Labute approximate surface area is 115 Å². The molecule has 19 heavy (non-hydrogen) atoms. The maximum absolute atomic E-state index is 12.3. The Balaban J connectivity index is 2.28. The maximum atomic E-state index is 12.3. The number of nitrogens with two attached hydrogens (primary N) is 1. The fourth-order valence-electron chi connectivity index (χ4n) is 1.66. The standard InChI is InChI=1S/C10H15N5O2S2/c1-3-7(10-12-4-5-18-10)14-19(16,17)8-6-15(2)13-9(8)11/h4-7,14H,3H2,1-2H3,(H2,11,13). The van der Waals surface area contributed by atoms with E-state index in [2.05, 4.69) is 14.8 Å². The second kappa shape index (κ2) is 5.27. The third-order valence-electron chi connectivity index (χ3n) is 2.57. The van der Waals surface area contributed by atoms with E-state index in [9.17, 15) is 8.42 Å². The predicted octanol–water partition coefficient (Wildman–Crippen LogP) is 0.888. The van der Waals surface area contributed by atoms with Crippen LogP contribution in [0.25, 0.3) is 0 Å². The molecule has 2 aromatic rings. The first kappa shape index (κ1) is 14.0. The summed E-state index contributed by atoms with van der Waals surface area (Å²) in [6.07, 6.45) is 3.63. The van der Waals surface area contributed by atoms with Crippen LogP contribution in [-0.4, -0.2) is 23.2 Å². The Kier molecular flexibility index (Phi) is 3.88. The van der Waals surface area contributed by atoms with Crippen molar-refractivity contribution in [1.82, 2.24) is 19.5 Å². The van der Waals surface area contributed by atoms with Gasteiger partial charge in [0.1, 0.15) is 9.90 Å². The number of sulfonamides is 1. The summed E-state index contributed by atoms with van der Waals surface area (Å²) in [5, 5.41) is 6.38. The number of nitrogens with zero attached hydrogens (tertiary/aromatic N) is 3.